The highest BCUT2D eigenvalue weighted by Gasteiger charge is 2.27. The standard InChI is InChI=1S/C23H22Cl2N2O3S/c24-19-10-6-11-20(16-19)27(31(29,30)21-12-2-1-3-13-21)17-23(28)26-15-7-9-18-8-4-5-14-22(18)25/h1-6,8,10-14,16H,7,9,15,17H2,(H,26,28). The van der Waals surface area contributed by atoms with Gasteiger partial charge in [0.05, 0.1) is 10.6 Å². The highest BCUT2D eigenvalue weighted by molar-refractivity contribution is 7.92. The van der Waals surface area contributed by atoms with E-state index in [1.54, 1.807) is 36.4 Å². The highest BCUT2D eigenvalue weighted by Crippen LogP contribution is 2.26. The van der Waals surface area contributed by atoms with Crippen molar-refractivity contribution in [1.82, 2.24) is 5.32 Å². The fourth-order valence-electron chi connectivity index (χ4n) is 3.06. The first-order valence-corrected chi connectivity index (χ1v) is 11.9. The second-order valence-electron chi connectivity index (χ2n) is 6.85. The van der Waals surface area contributed by atoms with Crippen molar-refractivity contribution in [2.45, 2.75) is 17.7 Å². The van der Waals surface area contributed by atoms with Crippen LogP contribution in [-0.4, -0.2) is 27.4 Å². The third-order valence-corrected chi connectivity index (χ3v) is 7.01. The van der Waals surface area contributed by atoms with Crippen LogP contribution in [0.3, 0.4) is 0 Å². The average molecular weight is 477 g/mol. The fourth-order valence-corrected chi connectivity index (χ4v) is 4.91. The van der Waals surface area contributed by atoms with Crippen molar-refractivity contribution < 1.29 is 13.2 Å². The minimum atomic E-state index is -3.95. The van der Waals surface area contributed by atoms with Gasteiger partial charge in [-0.3, -0.25) is 9.10 Å². The Morgan fingerprint density at radius 2 is 1.61 bits per heavy atom. The topological polar surface area (TPSA) is 66.5 Å². The molecule has 1 amide bonds. The van der Waals surface area contributed by atoms with E-state index in [1.165, 1.54) is 18.2 Å². The predicted molar refractivity (Wildman–Crippen MR) is 125 cm³/mol. The number of hydrogen-bond donors (Lipinski definition) is 1. The van der Waals surface area contributed by atoms with Crippen LogP contribution in [-0.2, 0) is 21.2 Å². The van der Waals surface area contributed by atoms with Gasteiger partial charge < -0.3 is 5.32 Å². The normalized spacial score (nSPS) is 11.2. The lowest BCUT2D eigenvalue weighted by Crippen LogP contribution is -2.41. The predicted octanol–water partition coefficient (Wildman–Crippen LogP) is 4.94. The smallest absolute Gasteiger partial charge is 0.264 e. The third kappa shape index (κ3) is 6.23. The molecule has 3 aromatic rings. The molecule has 0 unspecified atom stereocenters. The van der Waals surface area contributed by atoms with Gasteiger partial charge >= 0.3 is 0 Å². The number of benzene rings is 3. The van der Waals surface area contributed by atoms with Crippen LogP contribution in [0.15, 0.2) is 83.8 Å². The van der Waals surface area contributed by atoms with Crippen molar-refractivity contribution >= 4 is 44.8 Å². The van der Waals surface area contributed by atoms with Crippen LogP contribution in [0.2, 0.25) is 10.0 Å². The number of nitrogens with zero attached hydrogens (tertiary/aromatic N) is 1. The molecule has 1 N–H and O–H groups in total. The monoisotopic (exact) mass is 476 g/mol. The number of carbonyl (C=O) groups excluding carboxylic acids is 1. The molecule has 162 valence electrons. The van der Waals surface area contributed by atoms with Crippen LogP contribution < -0.4 is 9.62 Å². The first-order valence-electron chi connectivity index (χ1n) is 9.71. The lowest BCUT2D eigenvalue weighted by Gasteiger charge is -2.24. The molecule has 0 fully saturated rings. The highest BCUT2D eigenvalue weighted by atomic mass is 35.5. The number of carbonyl (C=O) groups is 1. The van der Waals surface area contributed by atoms with Crippen molar-refractivity contribution in [1.29, 1.82) is 0 Å². The Kier molecular flexibility index (Phi) is 7.96. The maximum absolute atomic E-state index is 13.2. The van der Waals surface area contributed by atoms with E-state index < -0.39 is 15.9 Å². The van der Waals surface area contributed by atoms with Gasteiger partial charge in [-0.05, 0) is 54.8 Å². The molecule has 0 aliphatic heterocycles. The number of rotatable bonds is 9. The molecule has 0 aromatic heterocycles. The summed E-state index contributed by atoms with van der Waals surface area (Å²) in [6.07, 6.45) is 1.39. The van der Waals surface area contributed by atoms with Gasteiger partial charge in [-0.25, -0.2) is 8.42 Å². The van der Waals surface area contributed by atoms with Gasteiger partial charge in [-0.2, -0.15) is 0 Å². The first kappa shape index (κ1) is 23.1. The molecule has 0 bridgehead atoms. The molecule has 3 rings (SSSR count). The Hall–Kier alpha value is -2.54. The Morgan fingerprint density at radius 3 is 2.32 bits per heavy atom. The van der Waals surface area contributed by atoms with E-state index in [0.29, 0.717) is 35.1 Å². The lowest BCUT2D eigenvalue weighted by atomic mass is 10.1. The van der Waals surface area contributed by atoms with Crippen molar-refractivity contribution in [3.05, 3.63) is 94.5 Å². The van der Waals surface area contributed by atoms with E-state index in [2.05, 4.69) is 5.32 Å². The average Bonchev–Trinajstić information content (AvgIpc) is 2.76. The number of amides is 1. The number of aryl methyl sites for hydroxylation is 1. The molecular formula is C23H22Cl2N2O3S. The van der Waals surface area contributed by atoms with Crippen LogP contribution >= 0.6 is 23.2 Å². The van der Waals surface area contributed by atoms with Crippen molar-refractivity contribution in [2.75, 3.05) is 17.4 Å². The summed E-state index contributed by atoms with van der Waals surface area (Å²) >= 11 is 12.2. The molecule has 0 heterocycles. The summed E-state index contributed by atoms with van der Waals surface area (Å²) in [4.78, 5) is 12.7. The number of nitrogens with one attached hydrogen (secondary N) is 1. The Balaban J connectivity index is 1.70. The van der Waals surface area contributed by atoms with Gasteiger partial charge in [0.2, 0.25) is 5.91 Å². The zero-order valence-electron chi connectivity index (χ0n) is 16.7. The summed E-state index contributed by atoms with van der Waals surface area (Å²) in [5.74, 6) is -0.404. The zero-order valence-corrected chi connectivity index (χ0v) is 19.0. The van der Waals surface area contributed by atoms with E-state index in [0.717, 1.165) is 9.87 Å². The number of anilines is 1. The number of sulfonamides is 1. The van der Waals surface area contributed by atoms with E-state index in [4.69, 9.17) is 23.2 Å². The molecule has 5 nitrogen and oxygen atoms in total. The minimum absolute atomic E-state index is 0.0986. The van der Waals surface area contributed by atoms with Crippen molar-refractivity contribution in [2.24, 2.45) is 0 Å². The van der Waals surface area contributed by atoms with Crippen molar-refractivity contribution in [3.63, 3.8) is 0 Å². The third-order valence-electron chi connectivity index (χ3n) is 4.62. The quantitative estimate of drug-likeness (QED) is 0.444. The van der Waals surface area contributed by atoms with E-state index in [-0.39, 0.29) is 11.4 Å². The molecule has 0 spiro atoms. The van der Waals surface area contributed by atoms with Crippen LogP contribution in [0.25, 0.3) is 0 Å². The van der Waals surface area contributed by atoms with Gasteiger partial charge in [0.1, 0.15) is 6.54 Å². The summed E-state index contributed by atoms with van der Waals surface area (Å²) in [5.41, 5.74) is 1.33. The Bertz CT molecular complexity index is 1140. The Labute approximate surface area is 192 Å². The SMILES string of the molecule is O=C(CN(c1cccc(Cl)c1)S(=O)(=O)c1ccccc1)NCCCc1ccccc1Cl. The summed E-state index contributed by atoms with van der Waals surface area (Å²) in [5, 5.41) is 3.86. The zero-order chi connectivity index (χ0) is 22.3. The maximum Gasteiger partial charge on any atom is 0.264 e. The van der Waals surface area contributed by atoms with E-state index in [1.807, 2.05) is 24.3 Å². The molecule has 0 radical (unpaired) electrons. The maximum atomic E-state index is 13.2. The molecule has 0 aliphatic rings. The molecule has 0 saturated heterocycles. The molecule has 8 heteroatoms. The summed E-state index contributed by atoms with van der Waals surface area (Å²) in [7, 11) is -3.95. The van der Waals surface area contributed by atoms with E-state index >= 15 is 0 Å². The van der Waals surface area contributed by atoms with Gasteiger partial charge in [0.25, 0.3) is 10.0 Å². The Morgan fingerprint density at radius 1 is 0.903 bits per heavy atom. The second kappa shape index (κ2) is 10.7. The lowest BCUT2D eigenvalue weighted by molar-refractivity contribution is -0.119. The van der Waals surface area contributed by atoms with Gasteiger partial charge in [-0.15, -0.1) is 0 Å². The van der Waals surface area contributed by atoms with Crippen LogP contribution in [0.1, 0.15) is 12.0 Å². The van der Waals surface area contributed by atoms with Gasteiger partial charge in [0.15, 0.2) is 0 Å². The molecule has 3 aromatic carbocycles. The number of halogens is 2. The van der Waals surface area contributed by atoms with Crippen molar-refractivity contribution in [3.8, 4) is 0 Å². The van der Waals surface area contributed by atoms with Gasteiger partial charge in [-0.1, -0.05) is 65.7 Å². The number of hydrogen-bond acceptors (Lipinski definition) is 3. The van der Waals surface area contributed by atoms with Crippen LogP contribution in [0, 0.1) is 0 Å². The van der Waals surface area contributed by atoms with Gasteiger partial charge in [0, 0.05) is 16.6 Å². The molecular weight excluding hydrogens is 455 g/mol. The summed E-state index contributed by atoms with van der Waals surface area (Å²) in [6, 6.07) is 22.0. The summed E-state index contributed by atoms with van der Waals surface area (Å²) in [6.45, 7) is 0.0441. The summed E-state index contributed by atoms with van der Waals surface area (Å²) < 4.78 is 27.5. The minimum Gasteiger partial charge on any atom is -0.355 e. The molecule has 0 aliphatic carbocycles. The second-order valence-corrected chi connectivity index (χ2v) is 9.56. The molecule has 0 atom stereocenters. The van der Waals surface area contributed by atoms with Crippen LogP contribution in [0.4, 0.5) is 5.69 Å². The fraction of sp³-hybridized carbons (Fsp3) is 0.174. The molecule has 31 heavy (non-hydrogen) atoms. The van der Waals surface area contributed by atoms with Crippen LogP contribution in [0.5, 0.6) is 0 Å². The first-order chi connectivity index (χ1) is 14.9. The molecule has 0 saturated carbocycles. The van der Waals surface area contributed by atoms with E-state index in [9.17, 15) is 13.2 Å². The largest absolute Gasteiger partial charge is 0.355 e.